The van der Waals surface area contributed by atoms with Crippen molar-refractivity contribution in [1.29, 1.82) is 0 Å². The summed E-state index contributed by atoms with van der Waals surface area (Å²) in [6.45, 7) is 6.57. The summed E-state index contributed by atoms with van der Waals surface area (Å²) in [6.07, 6.45) is 1.74. The third kappa shape index (κ3) is 5.88. The van der Waals surface area contributed by atoms with Gasteiger partial charge in [-0.25, -0.2) is 4.79 Å². The lowest BCUT2D eigenvalue weighted by Crippen LogP contribution is -2.46. The number of carboxylic acids is 1. The van der Waals surface area contributed by atoms with Crippen LogP contribution >= 0.6 is 0 Å². The number of carbonyl (C=O) groups is 2. The zero-order valence-electron chi connectivity index (χ0n) is 12.4. The normalized spacial score (nSPS) is 21.7. The van der Waals surface area contributed by atoms with Crippen molar-refractivity contribution in [2.45, 2.75) is 58.3 Å². The zero-order valence-corrected chi connectivity index (χ0v) is 12.4. The molecule has 1 rings (SSSR count). The highest BCUT2D eigenvalue weighted by molar-refractivity contribution is 5.86. The van der Waals surface area contributed by atoms with Crippen LogP contribution in [0.15, 0.2) is 0 Å². The Morgan fingerprint density at radius 2 is 2.10 bits per heavy atom. The van der Waals surface area contributed by atoms with E-state index < -0.39 is 24.0 Å². The molecular weight excluding hydrogens is 262 g/mol. The van der Waals surface area contributed by atoms with Gasteiger partial charge in [-0.05, 0) is 32.1 Å². The van der Waals surface area contributed by atoms with Crippen LogP contribution in [0.25, 0.3) is 0 Å². The van der Waals surface area contributed by atoms with Crippen LogP contribution in [0.1, 0.15) is 40.0 Å². The number of amides is 1. The largest absolute Gasteiger partial charge is 0.480 e. The summed E-state index contributed by atoms with van der Waals surface area (Å²) >= 11 is 0. The number of carboxylic acid groups (broad SMARTS) is 1. The molecule has 6 heteroatoms. The average molecular weight is 287 g/mol. The monoisotopic (exact) mass is 287 g/mol. The summed E-state index contributed by atoms with van der Waals surface area (Å²) in [5.41, 5.74) is 0. The molecule has 0 aromatic heterocycles. The lowest BCUT2D eigenvalue weighted by Gasteiger charge is -2.20. The molecule has 0 spiro atoms. The van der Waals surface area contributed by atoms with Crippen LogP contribution in [0, 0.1) is 5.92 Å². The average Bonchev–Trinajstić information content (AvgIpc) is 2.87. The molecule has 0 aliphatic carbocycles. The lowest BCUT2D eigenvalue weighted by atomic mass is 10.0. The summed E-state index contributed by atoms with van der Waals surface area (Å²) in [4.78, 5) is 23.0. The smallest absolute Gasteiger partial charge is 0.326 e. The molecule has 0 bridgehead atoms. The number of nitrogens with one attached hydrogen (secondary N) is 1. The van der Waals surface area contributed by atoms with E-state index in [2.05, 4.69) is 5.32 Å². The van der Waals surface area contributed by atoms with E-state index in [0.717, 1.165) is 19.4 Å². The Bertz CT molecular complexity index is 326. The van der Waals surface area contributed by atoms with Crippen LogP contribution in [0.4, 0.5) is 0 Å². The molecule has 1 aliphatic rings. The van der Waals surface area contributed by atoms with Crippen LogP contribution in [-0.2, 0) is 19.1 Å². The number of aliphatic carboxylic acids is 1. The van der Waals surface area contributed by atoms with Gasteiger partial charge in [-0.3, -0.25) is 4.79 Å². The molecule has 6 nitrogen and oxygen atoms in total. The molecule has 116 valence electrons. The predicted molar refractivity (Wildman–Crippen MR) is 73.4 cm³/mol. The Hall–Kier alpha value is -1.14. The summed E-state index contributed by atoms with van der Waals surface area (Å²) in [5.74, 6) is -1.21. The topological polar surface area (TPSA) is 84.9 Å². The van der Waals surface area contributed by atoms with E-state index in [4.69, 9.17) is 14.6 Å². The van der Waals surface area contributed by atoms with Crippen LogP contribution in [0.3, 0.4) is 0 Å². The molecule has 1 amide bonds. The molecule has 0 aromatic carbocycles. The van der Waals surface area contributed by atoms with E-state index >= 15 is 0 Å². The minimum Gasteiger partial charge on any atom is -0.480 e. The second kappa shape index (κ2) is 8.21. The van der Waals surface area contributed by atoms with Gasteiger partial charge in [0.25, 0.3) is 0 Å². The zero-order chi connectivity index (χ0) is 15.1. The molecule has 20 heavy (non-hydrogen) atoms. The Morgan fingerprint density at radius 1 is 1.40 bits per heavy atom. The molecule has 1 fully saturated rings. The van der Waals surface area contributed by atoms with Gasteiger partial charge in [0.1, 0.15) is 12.1 Å². The van der Waals surface area contributed by atoms with Crippen molar-refractivity contribution in [1.82, 2.24) is 5.32 Å². The fourth-order valence-electron chi connectivity index (χ4n) is 2.09. The molecule has 0 aromatic rings. The summed E-state index contributed by atoms with van der Waals surface area (Å²) in [6, 6.07) is -0.865. The van der Waals surface area contributed by atoms with Gasteiger partial charge < -0.3 is 19.9 Å². The molecule has 2 unspecified atom stereocenters. The number of carbonyl (C=O) groups excluding carboxylic acids is 1. The number of ether oxygens (including phenoxy) is 2. The fourth-order valence-corrected chi connectivity index (χ4v) is 2.09. The maximum atomic E-state index is 11.9. The SMILES string of the molecule is CC(C)C[C@@H](NC(=O)C(C)OCC1CCCO1)C(=O)O. The summed E-state index contributed by atoms with van der Waals surface area (Å²) in [5, 5.41) is 11.6. The van der Waals surface area contributed by atoms with Gasteiger partial charge in [-0.1, -0.05) is 13.8 Å². The minimum atomic E-state index is -1.02. The van der Waals surface area contributed by atoms with Crippen molar-refractivity contribution < 1.29 is 24.2 Å². The van der Waals surface area contributed by atoms with Gasteiger partial charge in [0.2, 0.25) is 5.91 Å². The first-order valence-corrected chi connectivity index (χ1v) is 7.16. The van der Waals surface area contributed by atoms with Gasteiger partial charge in [-0.2, -0.15) is 0 Å². The first kappa shape index (κ1) is 16.9. The number of rotatable bonds is 8. The molecule has 1 saturated heterocycles. The second-order valence-corrected chi connectivity index (χ2v) is 5.64. The summed E-state index contributed by atoms with van der Waals surface area (Å²) < 4.78 is 10.8. The van der Waals surface area contributed by atoms with E-state index in [9.17, 15) is 9.59 Å². The Balaban J connectivity index is 2.36. The maximum absolute atomic E-state index is 11.9. The first-order chi connectivity index (χ1) is 9.40. The second-order valence-electron chi connectivity index (χ2n) is 5.64. The molecule has 3 atom stereocenters. The van der Waals surface area contributed by atoms with Gasteiger partial charge >= 0.3 is 5.97 Å². The van der Waals surface area contributed by atoms with Gasteiger partial charge in [0, 0.05) is 6.61 Å². The lowest BCUT2D eigenvalue weighted by molar-refractivity contribution is -0.145. The van der Waals surface area contributed by atoms with Gasteiger partial charge in [-0.15, -0.1) is 0 Å². The maximum Gasteiger partial charge on any atom is 0.326 e. The predicted octanol–water partition coefficient (Wildman–Crippen LogP) is 1.19. The van der Waals surface area contributed by atoms with E-state index in [-0.39, 0.29) is 12.0 Å². The van der Waals surface area contributed by atoms with Crippen LogP contribution in [-0.4, -0.2) is 48.4 Å². The standard InChI is InChI=1S/C14H25NO5/c1-9(2)7-12(14(17)18)15-13(16)10(3)20-8-11-5-4-6-19-11/h9-12H,4-8H2,1-3H3,(H,15,16)(H,17,18)/t10?,11?,12-/m1/s1. The molecule has 2 N–H and O–H groups in total. The van der Waals surface area contributed by atoms with Crippen molar-refractivity contribution in [2.24, 2.45) is 5.92 Å². The Labute approximate surface area is 119 Å². The van der Waals surface area contributed by atoms with Crippen LogP contribution in [0.2, 0.25) is 0 Å². The summed E-state index contributed by atoms with van der Waals surface area (Å²) in [7, 11) is 0. The van der Waals surface area contributed by atoms with E-state index in [1.807, 2.05) is 13.8 Å². The third-order valence-corrected chi connectivity index (χ3v) is 3.25. The van der Waals surface area contributed by atoms with E-state index in [1.54, 1.807) is 6.92 Å². The number of hydrogen-bond donors (Lipinski definition) is 2. The fraction of sp³-hybridized carbons (Fsp3) is 0.857. The first-order valence-electron chi connectivity index (χ1n) is 7.16. The van der Waals surface area contributed by atoms with Gasteiger partial charge in [0.05, 0.1) is 12.7 Å². The minimum absolute atomic E-state index is 0.0520. The highest BCUT2D eigenvalue weighted by Crippen LogP contribution is 2.13. The van der Waals surface area contributed by atoms with Crippen molar-refractivity contribution in [3.63, 3.8) is 0 Å². The molecule has 0 saturated carbocycles. The van der Waals surface area contributed by atoms with Crippen molar-refractivity contribution in [3.05, 3.63) is 0 Å². The highest BCUT2D eigenvalue weighted by Gasteiger charge is 2.25. The Morgan fingerprint density at radius 3 is 2.60 bits per heavy atom. The number of hydrogen-bond acceptors (Lipinski definition) is 4. The van der Waals surface area contributed by atoms with Crippen LogP contribution < -0.4 is 5.32 Å². The van der Waals surface area contributed by atoms with Crippen LogP contribution in [0.5, 0.6) is 0 Å². The van der Waals surface area contributed by atoms with Crippen molar-refractivity contribution >= 4 is 11.9 Å². The quantitative estimate of drug-likeness (QED) is 0.700. The van der Waals surface area contributed by atoms with Gasteiger partial charge in [0.15, 0.2) is 0 Å². The third-order valence-electron chi connectivity index (χ3n) is 3.25. The highest BCUT2D eigenvalue weighted by atomic mass is 16.5. The Kier molecular flexibility index (Phi) is 6.95. The molecular formula is C14H25NO5. The van der Waals surface area contributed by atoms with E-state index in [1.165, 1.54) is 0 Å². The molecule has 1 heterocycles. The van der Waals surface area contributed by atoms with Crippen molar-refractivity contribution in [3.8, 4) is 0 Å². The van der Waals surface area contributed by atoms with Crippen molar-refractivity contribution in [2.75, 3.05) is 13.2 Å². The molecule has 0 radical (unpaired) electrons. The molecule has 1 aliphatic heterocycles. The van der Waals surface area contributed by atoms with E-state index in [0.29, 0.717) is 13.0 Å².